The van der Waals surface area contributed by atoms with Gasteiger partial charge in [-0.2, -0.15) is 0 Å². The predicted molar refractivity (Wildman–Crippen MR) is 57.0 cm³/mol. The van der Waals surface area contributed by atoms with Gasteiger partial charge in [-0.1, -0.05) is 0 Å². The Morgan fingerprint density at radius 1 is 1.13 bits per heavy atom. The fourth-order valence-corrected chi connectivity index (χ4v) is 1.24. The molecule has 0 aliphatic heterocycles. The maximum absolute atomic E-state index is 12.7. The highest BCUT2D eigenvalue weighted by Crippen LogP contribution is 2.16. The number of halogens is 1. The highest BCUT2D eigenvalue weighted by molar-refractivity contribution is 5.56. The molecule has 15 heavy (non-hydrogen) atoms. The molecule has 0 radical (unpaired) electrons. The number of aromatic nitrogens is 2. The average Bonchev–Trinajstić information content (AvgIpc) is 2.30. The molecule has 0 aliphatic carbocycles. The van der Waals surface area contributed by atoms with Gasteiger partial charge in [0.25, 0.3) is 0 Å². The summed E-state index contributed by atoms with van der Waals surface area (Å²) in [5, 5.41) is 2.92. The largest absolute Gasteiger partial charge is 0.373 e. The van der Waals surface area contributed by atoms with Gasteiger partial charge in [0.1, 0.15) is 11.6 Å². The number of benzene rings is 1. The second kappa shape index (κ2) is 4.04. The lowest BCUT2D eigenvalue weighted by molar-refractivity contribution is 0.628. The summed E-state index contributed by atoms with van der Waals surface area (Å²) >= 11 is 0. The topological polar surface area (TPSA) is 37.8 Å². The molecular weight excluding hydrogens is 193 g/mol. The van der Waals surface area contributed by atoms with Crippen molar-refractivity contribution < 1.29 is 4.39 Å². The molecule has 1 aromatic heterocycles. The first-order valence-electron chi connectivity index (χ1n) is 4.56. The van der Waals surface area contributed by atoms with Crippen LogP contribution in [0, 0.1) is 5.82 Å². The van der Waals surface area contributed by atoms with Crippen molar-refractivity contribution in [3.8, 4) is 11.4 Å². The minimum Gasteiger partial charge on any atom is -0.373 e. The zero-order valence-electron chi connectivity index (χ0n) is 8.24. The van der Waals surface area contributed by atoms with Crippen molar-refractivity contribution in [3.05, 3.63) is 42.3 Å². The molecule has 0 spiro atoms. The van der Waals surface area contributed by atoms with Crippen LogP contribution in [0.15, 0.2) is 36.5 Å². The van der Waals surface area contributed by atoms with E-state index in [0.717, 1.165) is 11.4 Å². The van der Waals surface area contributed by atoms with E-state index in [0.29, 0.717) is 5.82 Å². The van der Waals surface area contributed by atoms with Crippen LogP contribution in [0.3, 0.4) is 0 Å². The number of rotatable bonds is 2. The zero-order valence-corrected chi connectivity index (χ0v) is 8.24. The van der Waals surface area contributed by atoms with E-state index < -0.39 is 0 Å². The molecular formula is C11H10FN3. The van der Waals surface area contributed by atoms with Crippen molar-refractivity contribution in [2.24, 2.45) is 0 Å². The normalized spacial score (nSPS) is 10.0. The van der Waals surface area contributed by atoms with Crippen LogP contribution in [-0.4, -0.2) is 17.0 Å². The first kappa shape index (κ1) is 9.58. The second-order valence-corrected chi connectivity index (χ2v) is 3.02. The molecule has 0 saturated heterocycles. The lowest BCUT2D eigenvalue weighted by atomic mass is 10.2. The van der Waals surface area contributed by atoms with Crippen LogP contribution in [0.5, 0.6) is 0 Å². The predicted octanol–water partition coefficient (Wildman–Crippen LogP) is 2.32. The highest BCUT2D eigenvalue weighted by Gasteiger charge is 2.01. The third kappa shape index (κ3) is 2.10. The van der Waals surface area contributed by atoms with Gasteiger partial charge in [-0.15, -0.1) is 0 Å². The Morgan fingerprint density at radius 3 is 2.53 bits per heavy atom. The highest BCUT2D eigenvalue weighted by atomic mass is 19.1. The zero-order chi connectivity index (χ0) is 10.7. The molecule has 0 bridgehead atoms. The van der Waals surface area contributed by atoms with Crippen molar-refractivity contribution in [1.29, 1.82) is 0 Å². The number of nitrogens with one attached hydrogen (secondary N) is 1. The molecule has 3 nitrogen and oxygen atoms in total. The summed E-state index contributed by atoms with van der Waals surface area (Å²) in [5.41, 5.74) is 0.800. The molecule has 0 amide bonds. The van der Waals surface area contributed by atoms with Gasteiger partial charge in [0.2, 0.25) is 0 Å². The SMILES string of the molecule is CNc1ccnc(-c2ccc(F)cc2)n1. The molecule has 76 valence electrons. The number of nitrogens with zero attached hydrogens (tertiary/aromatic N) is 2. The van der Waals surface area contributed by atoms with Crippen molar-refractivity contribution in [3.63, 3.8) is 0 Å². The minimum atomic E-state index is -0.261. The summed E-state index contributed by atoms with van der Waals surface area (Å²) < 4.78 is 12.7. The Labute approximate surface area is 87.0 Å². The minimum absolute atomic E-state index is 0.261. The van der Waals surface area contributed by atoms with Gasteiger partial charge in [0.05, 0.1) is 0 Å². The monoisotopic (exact) mass is 203 g/mol. The molecule has 0 saturated carbocycles. The molecule has 0 unspecified atom stereocenters. The van der Waals surface area contributed by atoms with Crippen LogP contribution in [0.4, 0.5) is 10.2 Å². The van der Waals surface area contributed by atoms with E-state index in [2.05, 4.69) is 15.3 Å². The molecule has 0 aliphatic rings. The lowest BCUT2D eigenvalue weighted by Crippen LogP contribution is -1.95. The van der Waals surface area contributed by atoms with Crippen LogP contribution >= 0.6 is 0 Å². The van der Waals surface area contributed by atoms with E-state index in [9.17, 15) is 4.39 Å². The maximum atomic E-state index is 12.7. The van der Waals surface area contributed by atoms with Crippen LogP contribution < -0.4 is 5.32 Å². The van der Waals surface area contributed by atoms with E-state index in [4.69, 9.17) is 0 Å². The number of hydrogen-bond donors (Lipinski definition) is 1. The van der Waals surface area contributed by atoms with Gasteiger partial charge in [0.15, 0.2) is 5.82 Å². The Kier molecular flexibility index (Phi) is 2.58. The van der Waals surface area contributed by atoms with Crippen LogP contribution in [0.25, 0.3) is 11.4 Å². The Morgan fingerprint density at radius 2 is 1.87 bits per heavy atom. The van der Waals surface area contributed by atoms with Crippen molar-refractivity contribution in [1.82, 2.24) is 9.97 Å². The maximum Gasteiger partial charge on any atom is 0.161 e. The van der Waals surface area contributed by atoms with Crippen LogP contribution in [-0.2, 0) is 0 Å². The van der Waals surface area contributed by atoms with Crippen molar-refractivity contribution >= 4 is 5.82 Å². The summed E-state index contributed by atoms with van der Waals surface area (Å²) in [7, 11) is 1.79. The molecule has 1 N–H and O–H groups in total. The third-order valence-electron chi connectivity index (χ3n) is 2.01. The quantitative estimate of drug-likeness (QED) is 0.813. The molecule has 4 heteroatoms. The van der Waals surface area contributed by atoms with Gasteiger partial charge in [-0.25, -0.2) is 14.4 Å². The molecule has 1 heterocycles. The summed E-state index contributed by atoms with van der Waals surface area (Å²) in [6, 6.07) is 7.87. The summed E-state index contributed by atoms with van der Waals surface area (Å²) in [6.45, 7) is 0. The smallest absolute Gasteiger partial charge is 0.161 e. The van der Waals surface area contributed by atoms with Crippen molar-refractivity contribution in [2.45, 2.75) is 0 Å². The Hall–Kier alpha value is -1.97. The van der Waals surface area contributed by atoms with Crippen molar-refractivity contribution in [2.75, 3.05) is 12.4 Å². The van der Waals surface area contributed by atoms with E-state index in [1.807, 2.05) is 0 Å². The van der Waals surface area contributed by atoms with Gasteiger partial charge in [-0.3, -0.25) is 0 Å². The van der Waals surface area contributed by atoms with Gasteiger partial charge in [0, 0.05) is 18.8 Å². The first-order chi connectivity index (χ1) is 7.29. The average molecular weight is 203 g/mol. The summed E-state index contributed by atoms with van der Waals surface area (Å²) in [6.07, 6.45) is 1.66. The summed E-state index contributed by atoms with van der Waals surface area (Å²) in [5.74, 6) is 1.06. The van der Waals surface area contributed by atoms with Crippen LogP contribution in [0.2, 0.25) is 0 Å². The molecule has 0 atom stereocenters. The molecule has 0 fully saturated rings. The fourth-order valence-electron chi connectivity index (χ4n) is 1.24. The standard InChI is InChI=1S/C11H10FN3/c1-13-10-6-7-14-11(15-10)8-2-4-9(12)5-3-8/h2-7H,1H3,(H,13,14,15). The second-order valence-electron chi connectivity index (χ2n) is 3.02. The third-order valence-corrected chi connectivity index (χ3v) is 2.01. The first-order valence-corrected chi connectivity index (χ1v) is 4.56. The van der Waals surface area contributed by atoms with E-state index in [1.54, 1.807) is 31.4 Å². The Balaban J connectivity index is 2.40. The number of anilines is 1. The van der Waals surface area contributed by atoms with Gasteiger partial charge in [-0.05, 0) is 30.3 Å². The lowest BCUT2D eigenvalue weighted by Gasteiger charge is -2.02. The Bertz CT molecular complexity index is 454. The van der Waals surface area contributed by atoms with Gasteiger partial charge >= 0.3 is 0 Å². The molecule has 2 aromatic rings. The van der Waals surface area contributed by atoms with Crippen LogP contribution in [0.1, 0.15) is 0 Å². The fraction of sp³-hybridized carbons (Fsp3) is 0.0909. The molecule has 2 rings (SSSR count). The number of hydrogen-bond acceptors (Lipinski definition) is 3. The van der Waals surface area contributed by atoms with Gasteiger partial charge < -0.3 is 5.32 Å². The van der Waals surface area contributed by atoms with E-state index >= 15 is 0 Å². The van der Waals surface area contributed by atoms with E-state index in [1.165, 1.54) is 12.1 Å². The summed E-state index contributed by atoms with van der Waals surface area (Å²) in [4.78, 5) is 8.36. The molecule has 1 aromatic carbocycles. The van der Waals surface area contributed by atoms with E-state index in [-0.39, 0.29) is 5.82 Å².